The lowest BCUT2D eigenvalue weighted by atomic mass is 9.86. The first-order chi connectivity index (χ1) is 16.9. The zero-order valence-electron chi connectivity index (χ0n) is 19.5. The number of carbonyl (C=O) groups is 1. The topological polar surface area (TPSA) is 117 Å². The summed E-state index contributed by atoms with van der Waals surface area (Å²) in [5, 5.41) is 8.43. The van der Waals surface area contributed by atoms with Crippen molar-refractivity contribution in [2.24, 2.45) is 0 Å². The number of nitrogens with one attached hydrogen (secondary N) is 2. The van der Waals surface area contributed by atoms with Gasteiger partial charge in [-0.15, -0.1) is 0 Å². The maximum absolute atomic E-state index is 13.0. The van der Waals surface area contributed by atoms with Crippen molar-refractivity contribution in [3.8, 4) is 11.5 Å². The monoisotopic (exact) mass is 472 g/mol. The molecular weight excluding hydrogens is 444 g/mol. The molecule has 1 aromatic heterocycles. The molecule has 5 rings (SSSR count). The number of hydrogen-bond donors (Lipinski definition) is 3. The van der Waals surface area contributed by atoms with Crippen LogP contribution in [0, 0.1) is 0 Å². The molecule has 4 N–H and O–H groups in total. The van der Waals surface area contributed by atoms with Crippen LogP contribution in [0.4, 0.5) is 11.5 Å². The number of para-hydroxylation sites is 1. The quantitative estimate of drug-likeness (QED) is 0.489. The molecule has 0 aliphatic carbocycles. The zero-order valence-corrected chi connectivity index (χ0v) is 19.5. The van der Waals surface area contributed by atoms with Crippen molar-refractivity contribution in [1.82, 2.24) is 20.5 Å². The molecule has 0 saturated carbocycles. The molecule has 1 fully saturated rings. The Morgan fingerprint density at radius 1 is 1.20 bits per heavy atom. The van der Waals surface area contributed by atoms with E-state index in [1.807, 2.05) is 66.5 Å². The van der Waals surface area contributed by atoms with E-state index >= 15 is 0 Å². The van der Waals surface area contributed by atoms with E-state index < -0.39 is 5.54 Å². The molecular formula is C26H28N6O3. The van der Waals surface area contributed by atoms with Crippen LogP contribution in [-0.4, -0.2) is 40.1 Å². The minimum Gasteiger partial charge on any atom is -0.457 e. The van der Waals surface area contributed by atoms with Gasteiger partial charge in [0, 0.05) is 13.1 Å². The number of aromatic nitrogens is 2. The summed E-state index contributed by atoms with van der Waals surface area (Å²) < 4.78 is 5.93. The van der Waals surface area contributed by atoms with Crippen LogP contribution in [0.2, 0.25) is 0 Å². The number of H-pyrrole nitrogens is 1. The normalized spacial score (nSPS) is 21.5. The number of hydrazine groups is 1. The zero-order chi connectivity index (χ0) is 24.6. The number of rotatable bonds is 5. The predicted octanol–water partition coefficient (Wildman–Crippen LogP) is 2.91. The van der Waals surface area contributed by atoms with Gasteiger partial charge in [-0.1, -0.05) is 36.9 Å². The Morgan fingerprint density at radius 3 is 2.63 bits per heavy atom. The van der Waals surface area contributed by atoms with Crippen molar-refractivity contribution in [3.05, 3.63) is 88.7 Å². The molecule has 2 aliphatic rings. The fourth-order valence-electron chi connectivity index (χ4n) is 4.99. The van der Waals surface area contributed by atoms with Gasteiger partial charge < -0.3 is 15.4 Å². The number of hydrogen-bond acceptors (Lipinski definition) is 7. The molecule has 1 saturated heterocycles. The minimum absolute atomic E-state index is 0.114. The maximum atomic E-state index is 13.0. The summed E-state index contributed by atoms with van der Waals surface area (Å²) in [4.78, 5) is 27.0. The first kappa shape index (κ1) is 22.7. The molecule has 0 spiro atoms. The summed E-state index contributed by atoms with van der Waals surface area (Å²) >= 11 is 0. The lowest BCUT2D eigenvalue weighted by molar-refractivity contribution is -0.127. The van der Waals surface area contributed by atoms with Crippen LogP contribution in [0.5, 0.6) is 11.5 Å². The summed E-state index contributed by atoms with van der Waals surface area (Å²) in [6.45, 7) is 6.72. The van der Waals surface area contributed by atoms with Crippen molar-refractivity contribution in [1.29, 1.82) is 0 Å². The standard InChI is InChI=1S/C26H28N6O3/c1-3-21(33)31-15-7-8-18(16-31)32-23-22(24(27)28-29-25(23)34)26(2,30-32)17-11-13-20(14-12-17)35-19-9-5-4-6-10-19/h3-6,9-14,18,30H,1,7-8,15-16H2,2H3,(H2,27,28)(H,29,34)/t18-,26?/m1/s1. The molecule has 0 radical (unpaired) electrons. The van der Waals surface area contributed by atoms with Gasteiger partial charge in [0.15, 0.2) is 5.82 Å². The third kappa shape index (κ3) is 4.04. The van der Waals surface area contributed by atoms with Crippen LogP contribution in [0.1, 0.15) is 30.9 Å². The highest BCUT2D eigenvalue weighted by molar-refractivity contribution is 5.87. The number of nitrogens with two attached hydrogens (primary N) is 1. The van der Waals surface area contributed by atoms with E-state index in [2.05, 4.69) is 22.2 Å². The molecule has 0 bridgehead atoms. The van der Waals surface area contributed by atoms with Gasteiger partial charge in [0.25, 0.3) is 5.56 Å². The van der Waals surface area contributed by atoms with Gasteiger partial charge in [0.05, 0.1) is 17.1 Å². The van der Waals surface area contributed by atoms with Gasteiger partial charge in [-0.05, 0) is 55.7 Å². The fourth-order valence-corrected chi connectivity index (χ4v) is 4.99. The van der Waals surface area contributed by atoms with E-state index in [1.165, 1.54) is 6.08 Å². The highest BCUT2D eigenvalue weighted by Crippen LogP contribution is 2.44. The molecule has 3 aromatic rings. The van der Waals surface area contributed by atoms with E-state index in [1.54, 1.807) is 4.90 Å². The van der Waals surface area contributed by atoms with Gasteiger partial charge in [-0.2, -0.15) is 5.10 Å². The first-order valence-corrected chi connectivity index (χ1v) is 11.6. The molecule has 9 nitrogen and oxygen atoms in total. The van der Waals surface area contributed by atoms with E-state index in [4.69, 9.17) is 10.5 Å². The molecule has 2 aliphatic heterocycles. The number of nitrogens with zero attached hydrogens (tertiary/aromatic N) is 3. The number of fused-ring (bicyclic) bond motifs is 1. The number of benzene rings is 2. The molecule has 2 atom stereocenters. The highest BCUT2D eigenvalue weighted by atomic mass is 16.5. The number of carbonyl (C=O) groups excluding carboxylic acids is 1. The van der Waals surface area contributed by atoms with Crippen molar-refractivity contribution >= 4 is 17.4 Å². The second kappa shape index (κ2) is 8.92. The van der Waals surface area contributed by atoms with Gasteiger partial charge >= 0.3 is 0 Å². The number of nitrogen functional groups attached to an aromatic ring is 1. The van der Waals surface area contributed by atoms with Crippen molar-refractivity contribution in [3.63, 3.8) is 0 Å². The van der Waals surface area contributed by atoms with Crippen LogP contribution >= 0.6 is 0 Å². The maximum Gasteiger partial charge on any atom is 0.289 e. The van der Waals surface area contributed by atoms with Crippen molar-refractivity contribution in [2.45, 2.75) is 31.3 Å². The average molecular weight is 473 g/mol. The Kier molecular flexibility index (Phi) is 5.78. The van der Waals surface area contributed by atoms with Gasteiger partial charge in [0.1, 0.15) is 17.2 Å². The molecule has 2 aromatic carbocycles. The number of piperidine rings is 1. The van der Waals surface area contributed by atoms with Crippen LogP contribution in [0.3, 0.4) is 0 Å². The lowest BCUT2D eigenvalue weighted by Gasteiger charge is -2.39. The van der Waals surface area contributed by atoms with Crippen LogP contribution < -0.4 is 26.5 Å². The smallest absolute Gasteiger partial charge is 0.289 e. The summed E-state index contributed by atoms with van der Waals surface area (Å²) in [5.41, 5.74) is 10.7. The summed E-state index contributed by atoms with van der Waals surface area (Å²) in [6.07, 6.45) is 2.96. The van der Waals surface area contributed by atoms with Crippen molar-refractivity contribution < 1.29 is 9.53 Å². The Labute approximate surface area is 203 Å². The Balaban J connectivity index is 1.49. The lowest BCUT2D eigenvalue weighted by Crippen LogP contribution is -2.56. The third-order valence-electron chi connectivity index (χ3n) is 6.73. The number of amides is 1. The van der Waals surface area contributed by atoms with E-state index in [-0.39, 0.29) is 23.3 Å². The largest absolute Gasteiger partial charge is 0.457 e. The molecule has 3 heterocycles. The molecule has 1 unspecified atom stereocenters. The summed E-state index contributed by atoms with van der Waals surface area (Å²) in [5.74, 6) is 1.57. The van der Waals surface area contributed by atoms with E-state index in [9.17, 15) is 9.59 Å². The predicted molar refractivity (Wildman–Crippen MR) is 134 cm³/mol. The minimum atomic E-state index is -0.809. The van der Waals surface area contributed by atoms with Crippen LogP contribution in [0.15, 0.2) is 72.0 Å². The number of ether oxygens (including phenoxy) is 1. The summed E-state index contributed by atoms with van der Waals surface area (Å²) in [7, 11) is 0. The average Bonchev–Trinajstić information content (AvgIpc) is 3.22. The number of aromatic amines is 1. The van der Waals surface area contributed by atoms with Gasteiger partial charge in [-0.3, -0.25) is 14.6 Å². The third-order valence-corrected chi connectivity index (χ3v) is 6.73. The van der Waals surface area contributed by atoms with E-state index in [0.29, 0.717) is 30.1 Å². The number of likely N-dealkylation sites (tertiary alicyclic amines) is 1. The highest BCUT2D eigenvalue weighted by Gasteiger charge is 2.47. The molecule has 1 amide bonds. The SMILES string of the molecule is C=CC(=O)N1CCC[C@@H](N2NC(C)(c3ccc(Oc4ccccc4)cc3)c3c(N)n[nH]c(=O)c32)C1. The molecule has 180 valence electrons. The first-order valence-electron chi connectivity index (χ1n) is 11.6. The summed E-state index contributed by atoms with van der Waals surface area (Å²) in [6, 6.07) is 17.1. The second-order valence-corrected chi connectivity index (χ2v) is 8.99. The second-order valence-electron chi connectivity index (χ2n) is 8.99. The van der Waals surface area contributed by atoms with Gasteiger partial charge in [-0.25, -0.2) is 10.5 Å². The number of anilines is 2. The fraction of sp³-hybridized carbons (Fsp3) is 0.269. The van der Waals surface area contributed by atoms with Crippen LogP contribution in [-0.2, 0) is 10.3 Å². The van der Waals surface area contributed by atoms with Gasteiger partial charge in [0.2, 0.25) is 5.91 Å². The van der Waals surface area contributed by atoms with E-state index in [0.717, 1.165) is 24.2 Å². The van der Waals surface area contributed by atoms with Crippen LogP contribution in [0.25, 0.3) is 0 Å². The Hall–Kier alpha value is -4.11. The molecule has 35 heavy (non-hydrogen) atoms. The molecule has 9 heteroatoms. The Morgan fingerprint density at radius 2 is 1.91 bits per heavy atom. The Bertz CT molecular complexity index is 1310. The van der Waals surface area contributed by atoms with Crippen molar-refractivity contribution in [2.75, 3.05) is 23.8 Å².